The second kappa shape index (κ2) is 6.34. The maximum absolute atomic E-state index is 6.47. The predicted octanol–water partition coefficient (Wildman–Crippen LogP) is 8.34. The van der Waals surface area contributed by atoms with Gasteiger partial charge in [0.15, 0.2) is 5.58 Å². The molecule has 5 heterocycles. The lowest BCUT2D eigenvalue weighted by atomic mass is 9.82. The second-order valence-electron chi connectivity index (χ2n) is 11.9. The van der Waals surface area contributed by atoms with Gasteiger partial charge in [-0.2, -0.15) is 0 Å². The van der Waals surface area contributed by atoms with Crippen LogP contribution in [0.4, 0.5) is 0 Å². The van der Waals surface area contributed by atoms with Crippen LogP contribution < -0.4 is 0 Å². The number of para-hydroxylation sites is 2. The standard InChI is InChI=1S/C35H21N5O/c1-35(2)22-10-5-3-8-18(22)20-15-17-24-29(28(20)35)37-34-38(24)25-11-7-12-26-31(25)40(34)33-36-23-16-14-21-19-9-4-6-13-27(19)41-32(21)30(23)39(26)33/h3-17H,1-2H3. The van der Waals surface area contributed by atoms with Crippen LogP contribution in [-0.2, 0) is 5.41 Å². The quantitative estimate of drug-likeness (QED) is 0.199. The van der Waals surface area contributed by atoms with Gasteiger partial charge < -0.3 is 4.42 Å². The van der Waals surface area contributed by atoms with Crippen LogP contribution in [0.1, 0.15) is 25.0 Å². The van der Waals surface area contributed by atoms with E-state index >= 15 is 0 Å². The second-order valence-corrected chi connectivity index (χ2v) is 11.9. The van der Waals surface area contributed by atoms with E-state index in [2.05, 4.69) is 106 Å². The Hall–Kier alpha value is -5.36. The van der Waals surface area contributed by atoms with Gasteiger partial charge in [0.2, 0.25) is 11.6 Å². The van der Waals surface area contributed by atoms with Crippen LogP contribution in [0.3, 0.4) is 0 Å². The summed E-state index contributed by atoms with van der Waals surface area (Å²) >= 11 is 0. The fourth-order valence-corrected chi connectivity index (χ4v) is 7.88. The Morgan fingerprint density at radius 1 is 0.610 bits per heavy atom. The number of nitrogens with zero attached hydrogens (tertiary/aromatic N) is 5. The highest BCUT2D eigenvalue weighted by molar-refractivity contribution is 6.15. The third-order valence-corrected chi connectivity index (χ3v) is 9.57. The number of fused-ring (bicyclic) bond motifs is 18. The van der Waals surface area contributed by atoms with Crippen LogP contribution in [0, 0.1) is 0 Å². The first-order chi connectivity index (χ1) is 20.1. The molecule has 11 rings (SSSR count). The SMILES string of the molecule is CC1(C)c2ccccc2-c2ccc3c(nc4n3c3cccc5c3n4c3nc4ccc6c7ccccc7oc6c4n53)c21. The van der Waals surface area contributed by atoms with E-state index in [1.165, 1.54) is 22.3 Å². The molecule has 1 aliphatic carbocycles. The third kappa shape index (κ3) is 2.10. The summed E-state index contributed by atoms with van der Waals surface area (Å²) in [5.41, 5.74) is 14.3. The van der Waals surface area contributed by atoms with Crippen molar-refractivity contribution in [1.29, 1.82) is 0 Å². The summed E-state index contributed by atoms with van der Waals surface area (Å²) < 4.78 is 13.3. The number of hydrogen-bond acceptors (Lipinski definition) is 3. The molecule has 0 unspecified atom stereocenters. The maximum atomic E-state index is 6.47. The van der Waals surface area contributed by atoms with Crippen LogP contribution in [0.2, 0.25) is 0 Å². The van der Waals surface area contributed by atoms with E-state index < -0.39 is 0 Å². The van der Waals surface area contributed by atoms with E-state index in [0.717, 1.165) is 72.1 Å². The minimum absolute atomic E-state index is 0.142. The monoisotopic (exact) mass is 527 g/mol. The molecule has 0 radical (unpaired) electrons. The summed E-state index contributed by atoms with van der Waals surface area (Å²) in [6.07, 6.45) is 0. The molecule has 0 bridgehead atoms. The van der Waals surface area contributed by atoms with Crippen LogP contribution in [0.25, 0.3) is 83.2 Å². The van der Waals surface area contributed by atoms with Gasteiger partial charge >= 0.3 is 0 Å². The summed E-state index contributed by atoms with van der Waals surface area (Å²) in [7, 11) is 0. The molecule has 0 saturated heterocycles. The number of hydrogen-bond donors (Lipinski definition) is 0. The molecule has 0 atom stereocenters. The van der Waals surface area contributed by atoms with E-state index in [4.69, 9.17) is 14.4 Å². The van der Waals surface area contributed by atoms with Gasteiger partial charge in [0, 0.05) is 16.2 Å². The van der Waals surface area contributed by atoms with Gasteiger partial charge in [-0.05, 0) is 58.7 Å². The van der Waals surface area contributed by atoms with Crippen molar-refractivity contribution in [3.05, 3.63) is 102 Å². The molecular weight excluding hydrogens is 506 g/mol. The van der Waals surface area contributed by atoms with Crippen molar-refractivity contribution in [2.75, 3.05) is 0 Å². The van der Waals surface area contributed by atoms with Crippen molar-refractivity contribution in [3.8, 4) is 11.1 Å². The highest BCUT2D eigenvalue weighted by atomic mass is 16.3. The molecule has 6 nitrogen and oxygen atoms in total. The Labute approximate surface area is 232 Å². The van der Waals surface area contributed by atoms with Crippen molar-refractivity contribution in [2.45, 2.75) is 19.3 Å². The number of aromatic nitrogens is 5. The molecule has 6 heteroatoms. The fourth-order valence-electron chi connectivity index (χ4n) is 7.88. The molecule has 0 amide bonds. The topological polar surface area (TPSA) is 52.2 Å². The average Bonchev–Trinajstić information content (AvgIpc) is 3.79. The highest BCUT2D eigenvalue weighted by Crippen LogP contribution is 2.51. The van der Waals surface area contributed by atoms with Gasteiger partial charge in [0.1, 0.15) is 16.6 Å². The zero-order valence-electron chi connectivity index (χ0n) is 22.3. The molecule has 0 saturated carbocycles. The molecule has 41 heavy (non-hydrogen) atoms. The largest absolute Gasteiger partial charge is 0.454 e. The van der Waals surface area contributed by atoms with E-state index in [0.29, 0.717) is 0 Å². The number of imidazole rings is 4. The van der Waals surface area contributed by atoms with Gasteiger partial charge in [-0.1, -0.05) is 68.4 Å². The Balaban J connectivity index is 1.34. The molecule has 1 aliphatic rings. The number of furan rings is 1. The fraction of sp³-hybridized carbons (Fsp3) is 0.0857. The molecule has 0 N–H and O–H groups in total. The highest BCUT2D eigenvalue weighted by Gasteiger charge is 2.38. The first-order valence-corrected chi connectivity index (χ1v) is 14.0. The van der Waals surface area contributed by atoms with Gasteiger partial charge in [0.05, 0.1) is 27.6 Å². The van der Waals surface area contributed by atoms with Crippen LogP contribution in [-0.4, -0.2) is 23.2 Å². The lowest BCUT2D eigenvalue weighted by Gasteiger charge is -2.21. The predicted molar refractivity (Wildman–Crippen MR) is 163 cm³/mol. The maximum Gasteiger partial charge on any atom is 0.223 e. The summed E-state index contributed by atoms with van der Waals surface area (Å²) in [5, 5.41) is 2.23. The first kappa shape index (κ1) is 20.5. The summed E-state index contributed by atoms with van der Waals surface area (Å²) in [6, 6.07) is 32.3. The van der Waals surface area contributed by atoms with E-state index in [1.54, 1.807) is 0 Å². The molecular formula is C35H21N5O. The van der Waals surface area contributed by atoms with Crippen molar-refractivity contribution >= 4 is 72.1 Å². The number of rotatable bonds is 0. The van der Waals surface area contributed by atoms with Gasteiger partial charge in [-0.25, -0.2) is 14.4 Å². The molecule has 5 aromatic carbocycles. The molecule has 5 aromatic heterocycles. The van der Waals surface area contributed by atoms with E-state index in [1.807, 2.05) is 12.1 Å². The molecule has 0 fully saturated rings. The molecule has 10 aromatic rings. The van der Waals surface area contributed by atoms with Crippen molar-refractivity contribution in [3.63, 3.8) is 0 Å². The molecule has 192 valence electrons. The van der Waals surface area contributed by atoms with Crippen LogP contribution >= 0.6 is 0 Å². The van der Waals surface area contributed by atoms with Gasteiger partial charge in [0.25, 0.3) is 0 Å². The summed E-state index contributed by atoms with van der Waals surface area (Å²) in [6.45, 7) is 4.64. The lowest BCUT2D eigenvalue weighted by Crippen LogP contribution is -2.15. The van der Waals surface area contributed by atoms with Crippen molar-refractivity contribution in [2.24, 2.45) is 0 Å². The Morgan fingerprint density at radius 3 is 2.34 bits per heavy atom. The smallest absolute Gasteiger partial charge is 0.223 e. The lowest BCUT2D eigenvalue weighted by molar-refractivity contribution is 0.665. The third-order valence-electron chi connectivity index (χ3n) is 9.57. The summed E-state index contributed by atoms with van der Waals surface area (Å²) in [5.74, 6) is 1.74. The summed E-state index contributed by atoms with van der Waals surface area (Å²) in [4.78, 5) is 10.6. The minimum atomic E-state index is -0.142. The minimum Gasteiger partial charge on any atom is -0.454 e. The zero-order valence-corrected chi connectivity index (χ0v) is 22.3. The van der Waals surface area contributed by atoms with Crippen molar-refractivity contribution in [1.82, 2.24) is 23.2 Å². The Kier molecular flexibility index (Phi) is 3.17. The normalized spacial score (nSPS) is 14.8. The van der Waals surface area contributed by atoms with Crippen LogP contribution in [0.15, 0.2) is 95.4 Å². The number of benzene rings is 5. The molecule has 0 aliphatic heterocycles. The van der Waals surface area contributed by atoms with Crippen LogP contribution in [0.5, 0.6) is 0 Å². The first-order valence-electron chi connectivity index (χ1n) is 14.0. The van der Waals surface area contributed by atoms with E-state index in [9.17, 15) is 0 Å². The van der Waals surface area contributed by atoms with Gasteiger partial charge in [-0.3, -0.25) is 8.80 Å². The zero-order chi connectivity index (χ0) is 26.8. The Morgan fingerprint density at radius 2 is 1.41 bits per heavy atom. The average molecular weight is 528 g/mol. The van der Waals surface area contributed by atoms with Crippen molar-refractivity contribution < 1.29 is 4.42 Å². The van der Waals surface area contributed by atoms with Gasteiger partial charge in [-0.15, -0.1) is 0 Å². The van der Waals surface area contributed by atoms with E-state index in [-0.39, 0.29) is 5.41 Å². The Bertz CT molecular complexity index is 2780. The molecule has 0 spiro atoms.